The van der Waals surface area contributed by atoms with Crippen molar-refractivity contribution in [3.8, 4) is 0 Å². The van der Waals surface area contributed by atoms with Crippen LogP contribution in [0.25, 0.3) is 11.2 Å². The maximum absolute atomic E-state index is 14.4. The van der Waals surface area contributed by atoms with E-state index in [-0.39, 0.29) is 34.9 Å². The number of hydrogen-bond donors (Lipinski definition) is 0. The van der Waals surface area contributed by atoms with Crippen LogP contribution in [0.15, 0.2) is 37.1 Å². The molecule has 1 saturated carbocycles. The molecular weight excluding hydrogens is 494 g/mol. The summed E-state index contributed by atoms with van der Waals surface area (Å²) in [4.78, 5) is 21.6. The van der Waals surface area contributed by atoms with Crippen molar-refractivity contribution in [2.24, 2.45) is 0 Å². The van der Waals surface area contributed by atoms with Crippen LogP contribution in [0.5, 0.6) is 0 Å². The Kier molecular flexibility index (Phi) is 5.49. The van der Waals surface area contributed by atoms with Crippen LogP contribution in [0.2, 0.25) is 5.02 Å². The first-order chi connectivity index (χ1) is 17.0. The molecule has 0 aliphatic heterocycles. The van der Waals surface area contributed by atoms with E-state index in [0.717, 1.165) is 35.4 Å². The van der Waals surface area contributed by atoms with E-state index in [4.69, 9.17) is 23.2 Å². The molecule has 5 aromatic rings. The van der Waals surface area contributed by atoms with Gasteiger partial charge >= 0.3 is 0 Å². The number of rotatable bonds is 8. The number of carbonyl (C=O) groups excluding carboxylic acids is 1. The molecule has 6 rings (SSSR count). The Balaban J connectivity index is 1.16. The molecule has 9 nitrogen and oxygen atoms in total. The maximum atomic E-state index is 14.4. The fourth-order valence-corrected chi connectivity index (χ4v) is 4.50. The van der Waals surface area contributed by atoms with Gasteiger partial charge in [0.2, 0.25) is 0 Å². The van der Waals surface area contributed by atoms with Gasteiger partial charge in [-0.05, 0) is 31.4 Å². The number of fused-ring (bicyclic) bond motifs is 2. The highest BCUT2D eigenvalue weighted by molar-refractivity contribution is 6.31. The normalized spacial score (nSPS) is 13.8. The van der Waals surface area contributed by atoms with E-state index in [0.29, 0.717) is 24.0 Å². The molecule has 35 heavy (non-hydrogen) atoms. The summed E-state index contributed by atoms with van der Waals surface area (Å²) < 4.78 is 19.3. The second-order valence-corrected chi connectivity index (χ2v) is 9.33. The Hall–Kier alpha value is -3.37. The highest BCUT2D eigenvalue weighted by Gasteiger charge is 2.26. The number of hydrogen-bond acceptors (Lipinski definition) is 6. The van der Waals surface area contributed by atoms with Gasteiger partial charge in [0.05, 0.1) is 53.3 Å². The molecular formula is C23H19Cl2FN8O. The maximum Gasteiger partial charge on any atom is 0.185 e. The zero-order chi connectivity index (χ0) is 24.1. The first kappa shape index (κ1) is 22.1. The predicted octanol–water partition coefficient (Wildman–Crippen LogP) is 4.24. The van der Waals surface area contributed by atoms with Crippen LogP contribution in [-0.4, -0.2) is 44.8 Å². The van der Waals surface area contributed by atoms with E-state index >= 15 is 0 Å². The lowest BCUT2D eigenvalue weighted by atomic mass is 10.1. The summed E-state index contributed by atoms with van der Waals surface area (Å²) in [6, 6.07) is 3.49. The summed E-state index contributed by atoms with van der Waals surface area (Å²) in [5.41, 5.74) is 4.39. The van der Waals surface area contributed by atoms with Crippen molar-refractivity contribution in [1.29, 1.82) is 0 Å². The summed E-state index contributed by atoms with van der Waals surface area (Å²) in [5, 5.41) is 12.8. The minimum atomic E-state index is -0.552. The monoisotopic (exact) mass is 512 g/mol. The molecule has 0 N–H and O–H groups in total. The number of carbonyl (C=O) groups is 1. The number of Topliss-reactive ketones (excluding diaryl/α,β-unsaturated/α-hetero) is 1. The fraction of sp³-hybridized carbons (Fsp3) is 0.304. The first-order valence-electron chi connectivity index (χ1n) is 11.2. The largest absolute Gasteiger partial charge is 0.303 e. The number of aromatic nitrogens is 8. The second-order valence-electron chi connectivity index (χ2n) is 8.65. The standard InChI is InChI=1S/C23H19Cl2FN8O/c24-8-14-7-18(13-1-2-13)30-34-10-15(28-23(14)34)9-33-11-19(29-31-33)20(35)4-3-17-22-21(26)16(25)5-6-32(22)12-27-17/h5-7,10-13H,1-4,8-9H2. The number of alkyl halides is 1. The number of aryl methyl sites for hydroxylation is 1. The molecule has 0 atom stereocenters. The van der Waals surface area contributed by atoms with Crippen molar-refractivity contribution in [2.75, 3.05) is 0 Å². The molecule has 0 radical (unpaired) electrons. The molecule has 0 spiro atoms. The van der Waals surface area contributed by atoms with Gasteiger partial charge < -0.3 is 4.40 Å². The third kappa shape index (κ3) is 4.17. The van der Waals surface area contributed by atoms with Crippen molar-refractivity contribution in [1.82, 2.24) is 39.0 Å². The van der Waals surface area contributed by atoms with Crippen molar-refractivity contribution >= 4 is 40.1 Å². The molecule has 1 fully saturated rings. The Labute approximate surface area is 208 Å². The molecule has 0 saturated heterocycles. The predicted molar refractivity (Wildman–Crippen MR) is 126 cm³/mol. The van der Waals surface area contributed by atoms with Crippen LogP contribution >= 0.6 is 23.2 Å². The highest BCUT2D eigenvalue weighted by atomic mass is 35.5. The van der Waals surface area contributed by atoms with Gasteiger partial charge in [-0.2, -0.15) is 5.10 Å². The van der Waals surface area contributed by atoms with E-state index in [1.54, 1.807) is 26.0 Å². The minimum Gasteiger partial charge on any atom is -0.303 e. The fourth-order valence-electron chi connectivity index (χ4n) is 4.16. The van der Waals surface area contributed by atoms with E-state index in [2.05, 4.69) is 25.4 Å². The van der Waals surface area contributed by atoms with Crippen LogP contribution in [0.1, 0.15) is 58.3 Å². The van der Waals surface area contributed by atoms with Crippen LogP contribution in [0.3, 0.4) is 0 Å². The lowest BCUT2D eigenvalue weighted by Gasteiger charge is -2.03. The van der Waals surface area contributed by atoms with Crippen molar-refractivity contribution in [3.05, 3.63) is 76.2 Å². The Bertz CT molecular complexity index is 1590. The average Bonchev–Trinajstić information content (AvgIpc) is 3.26. The second kappa shape index (κ2) is 8.69. The van der Waals surface area contributed by atoms with E-state index in [1.807, 2.05) is 12.3 Å². The van der Waals surface area contributed by atoms with Crippen LogP contribution in [0.4, 0.5) is 4.39 Å². The molecule has 178 valence electrons. The van der Waals surface area contributed by atoms with Crippen LogP contribution in [-0.2, 0) is 18.8 Å². The van der Waals surface area contributed by atoms with E-state index < -0.39 is 5.82 Å². The third-order valence-corrected chi connectivity index (χ3v) is 6.70. The number of nitrogens with zero attached hydrogens (tertiary/aromatic N) is 8. The summed E-state index contributed by atoms with van der Waals surface area (Å²) in [6.07, 6.45) is 9.22. The Morgan fingerprint density at radius 1 is 1.26 bits per heavy atom. The molecule has 0 amide bonds. The summed E-state index contributed by atoms with van der Waals surface area (Å²) in [5.74, 6) is 0.0927. The lowest BCUT2D eigenvalue weighted by Crippen LogP contribution is -2.03. The highest BCUT2D eigenvalue weighted by Crippen LogP contribution is 2.39. The molecule has 5 aromatic heterocycles. The van der Waals surface area contributed by atoms with Gasteiger partial charge in [0, 0.05) is 24.1 Å². The van der Waals surface area contributed by atoms with Gasteiger partial charge in [-0.15, -0.1) is 16.7 Å². The topological polar surface area (TPSA) is 95.3 Å². The smallest absolute Gasteiger partial charge is 0.185 e. The van der Waals surface area contributed by atoms with Crippen molar-refractivity contribution in [2.45, 2.75) is 44.0 Å². The van der Waals surface area contributed by atoms with Gasteiger partial charge in [-0.25, -0.2) is 23.6 Å². The molecule has 0 aromatic carbocycles. The first-order valence-corrected chi connectivity index (χ1v) is 12.1. The Morgan fingerprint density at radius 2 is 2.11 bits per heavy atom. The van der Waals surface area contributed by atoms with Gasteiger partial charge in [-0.3, -0.25) is 4.79 Å². The van der Waals surface area contributed by atoms with Gasteiger partial charge in [0.15, 0.2) is 17.2 Å². The lowest BCUT2D eigenvalue weighted by molar-refractivity contribution is 0.0977. The molecule has 5 heterocycles. The van der Waals surface area contributed by atoms with E-state index in [1.165, 1.54) is 12.4 Å². The quantitative estimate of drug-likeness (QED) is 0.228. The summed E-state index contributed by atoms with van der Waals surface area (Å²) in [7, 11) is 0. The summed E-state index contributed by atoms with van der Waals surface area (Å²) in [6.45, 7) is 0.333. The van der Waals surface area contributed by atoms with Crippen LogP contribution in [0, 0.1) is 5.82 Å². The molecule has 0 unspecified atom stereocenters. The van der Waals surface area contributed by atoms with Gasteiger partial charge in [-0.1, -0.05) is 16.8 Å². The molecule has 0 bridgehead atoms. The van der Waals surface area contributed by atoms with Crippen LogP contribution < -0.4 is 0 Å². The number of pyridine rings is 1. The number of ketones is 1. The minimum absolute atomic E-state index is 0.0117. The SMILES string of the molecule is O=C(CCc1ncn2ccc(Cl)c(F)c12)c1cn(Cc2cn3nc(C4CC4)cc(CCl)c3n2)nn1. The number of imidazole rings is 2. The van der Waals surface area contributed by atoms with Gasteiger partial charge in [0.25, 0.3) is 0 Å². The summed E-state index contributed by atoms with van der Waals surface area (Å²) >= 11 is 12.0. The van der Waals surface area contributed by atoms with Crippen molar-refractivity contribution < 1.29 is 9.18 Å². The Morgan fingerprint density at radius 3 is 2.91 bits per heavy atom. The molecule has 1 aliphatic carbocycles. The third-order valence-electron chi connectivity index (χ3n) is 6.12. The van der Waals surface area contributed by atoms with Crippen molar-refractivity contribution in [3.63, 3.8) is 0 Å². The molecule has 12 heteroatoms. The zero-order valence-electron chi connectivity index (χ0n) is 18.4. The average molecular weight is 513 g/mol. The number of halogens is 3. The van der Waals surface area contributed by atoms with E-state index in [9.17, 15) is 9.18 Å². The molecule has 1 aliphatic rings. The zero-order valence-corrected chi connectivity index (χ0v) is 19.9. The van der Waals surface area contributed by atoms with Gasteiger partial charge in [0.1, 0.15) is 11.2 Å².